The largest absolute Gasteiger partial charge is 0.383 e. The number of amides is 1. The first kappa shape index (κ1) is 24.4. The Morgan fingerprint density at radius 2 is 1.92 bits per heavy atom. The zero-order valence-electron chi connectivity index (χ0n) is 21.6. The molecule has 1 saturated heterocycles. The molecule has 196 valence electrons. The molecule has 0 bridgehead atoms. The van der Waals surface area contributed by atoms with Gasteiger partial charge in [0, 0.05) is 49.2 Å². The Labute approximate surface area is 220 Å². The molecule has 2 fully saturated rings. The predicted octanol–water partition coefficient (Wildman–Crippen LogP) is 4.94. The van der Waals surface area contributed by atoms with E-state index < -0.39 is 11.7 Å². The number of aryl methyl sites for hydroxylation is 1. The maximum atomic E-state index is 14.8. The van der Waals surface area contributed by atoms with Crippen LogP contribution < -0.4 is 10.6 Å². The van der Waals surface area contributed by atoms with Crippen molar-refractivity contribution in [2.45, 2.75) is 32.1 Å². The van der Waals surface area contributed by atoms with Crippen molar-refractivity contribution in [3.63, 3.8) is 0 Å². The highest BCUT2D eigenvalue weighted by Crippen LogP contribution is 2.33. The zero-order valence-corrected chi connectivity index (χ0v) is 21.6. The van der Waals surface area contributed by atoms with Gasteiger partial charge in [-0.25, -0.2) is 9.37 Å². The third kappa shape index (κ3) is 5.06. The van der Waals surface area contributed by atoms with Gasteiger partial charge in [0.05, 0.1) is 23.1 Å². The number of nitrogens with one attached hydrogen (secondary N) is 3. The smallest absolute Gasteiger partial charge is 0.257 e. The monoisotopic (exact) mass is 513 g/mol. The van der Waals surface area contributed by atoms with Crippen LogP contribution in [0.2, 0.25) is 0 Å². The molecule has 3 aromatic heterocycles. The van der Waals surface area contributed by atoms with Gasteiger partial charge in [-0.3, -0.25) is 9.48 Å². The second kappa shape index (κ2) is 10.4. The Kier molecular flexibility index (Phi) is 6.68. The average Bonchev–Trinajstić information content (AvgIpc) is 3.64. The number of hydrogen-bond acceptors (Lipinski definition) is 5. The molecule has 8 nitrogen and oxygen atoms in total. The molecule has 2 aliphatic rings. The van der Waals surface area contributed by atoms with Crippen LogP contribution in [-0.4, -0.2) is 56.7 Å². The summed E-state index contributed by atoms with van der Waals surface area (Å²) in [6, 6.07) is 8.65. The Balaban J connectivity index is 1.20. The first-order chi connectivity index (χ1) is 18.5. The number of aromatic nitrogens is 4. The summed E-state index contributed by atoms with van der Waals surface area (Å²) in [4.78, 5) is 23.3. The van der Waals surface area contributed by atoms with Gasteiger partial charge in [0.25, 0.3) is 5.91 Å². The third-order valence-electron chi connectivity index (χ3n) is 7.49. The maximum absolute atomic E-state index is 14.8. The number of rotatable bonds is 8. The van der Waals surface area contributed by atoms with Crippen LogP contribution in [-0.2, 0) is 7.05 Å². The molecule has 9 heteroatoms. The van der Waals surface area contributed by atoms with Gasteiger partial charge in [-0.05, 0) is 86.7 Å². The molecule has 1 saturated carbocycles. The summed E-state index contributed by atoms with van der Waals surface area (Å²) < 4.78 is 16.5. The van der Waals surface area contributed by atoms with Crippen molar-refractivity contribution in [1.29, 1.82) is 0 Å². The van der Waals surface area contributed by atoms with Crippen LogP contribution in [0.1, 0.15) is 48.0 Å². The minimum absolute atomic E-state index is 0.163. The lowest BCUT2D eigenvalue weighted by molar-refractivity contribution is 0.102. The van der Waals surface area contributed by atoms with Crippen LogP contribution in [0.25, 0.3) is 28.0 Å². The highest BCUT2D eigenvalue weighted by atomic mass is 19.1. The van der Waals surface area contributed by atoms with E-state index in [1.165, 1.54) is 37.1 Å². The van der Waals surface area contributed by atoms with E-state index in [9.17, 15) is 9.18 Å². The number of likely N-dealkylation sites (tertiary alicyclic amines) is 1. The Bertz CT molecular complexity index is 1510. The number of allylic oxidation sites excluding steroid dienone is 1. The first-order valence-corrected chi connectivity index (χ1v) is 13.3. The van der Waals surface area contributed by atoms with Gasteiger partial charge in [-0.1, -0.05) is 0 Å². The Morgan fingerprint density at radius 3 is 2.66 bits per heavy atom. The molecule has 1 aliphatic heterocycles. The van der Waals surface area contributed by atoms with Gasteiger partial charge >= 0.3 is 0 Å². The maximum Gasteiger partial charge on any atom is 0.257 e. The lowest BCUT2D eigenvalue weighted by Gasteiger charge is -2.25. The molecular formula is C29H32FN7O. The standard InChI is InChI=1S/C29H32FN7O/c1-36-18-23(17-33-36)25-15-21-13-22(16-32-28(21)34-25)29(38)35-26-14-20(7-8-24(26)30)27(19-5-4-6-19)31-9-12-37-10-2-3-11-37/h7-8,13-18,31H,2-6,9-12H2,1H3,(H,32,34)(H,35,38). The number of carbonyl (C=O) groups is 1. The molecule has 1 aromatic carbocycles. The SMILES string of the molecule is Cn1cc(-c2cc3cc(C(=O)Nc4cc(C(NCCN5CCCC5)=C5CCC5)ccc4F)cnc3[nH]2)cn1. The van der Waals surface area contributed by atoms with Crippen LogP contribution in [0.3, 0.4) is 0 Å². The van der Waals surface area contributed by atoms with Crippen LogP contribution in [0.4, 0.5) is 10.1 Å². The van der Waals surface area contributed by atoms with Crippen LogP contribution in [0.5, 0.6) is 0 Å². The van der Waals surface area contributed by atoms with Gasteiger partial charge in [0.2, 0.25) is 0 Å². The number of benzene rings is 1. The molecule has 4 heterocycles. The van der Waals surface area contributed by atoms with Gasteiger partial charge in [0.1, 0.15) is 11.5 Å². The third-order valence-corrected chi connectivity index (χ3v) is 7.49. The van der Waals surface area contributed by atoms with Crippen molar-refractivity contribution in [3.8, 4) is 11.3 Å². The molecule has 0 unspecified atom stereocenters. The van der Waals surface area contributed by atoms with Gasteiger partial charge in [-0.2, -0.15) is 5.10 Å². The Morgan fingerprint density at radius 1 is 1.08 bits per heavy atom. The van der Waals surface area contributed by atoms with Crippen molar-refractivity contribution in [2.24, 2.45) is 7.05 Å². The number of pyridine rings is 1. The zero-order chi connectivity index (χ0) is 26.1. The van der Waals surface area contributed by atoms with Crippen LogP contribution in [0, 0.1) is 5.82 Å². The summed E-state index contributed by atoms with van der Waals surface area (Å²) in [6.07, 6.45) is 11.0. The van der Waals surface area contributed by atoms with Crippen molar-refractivity contribution < 1.29 is 9.18 Å². The molecule has 0 spiro atoms. The summed E-state index contributed by atoms with van der Waals surface area (Å²) in [5, 5.41) is 11.4. The van der Waals surface area contributed by atoms with E-state index in [1.54, 1.807) is 29.1 Å². The topological polar surface area (TPSA) is 90.9 Å². The lowest BCUT2D eigenvalue weighted by atomic mass is 9.88. The second-order valence-corrected chi connectivity index (χ2v) is 10.2. The van der Waals surface area contributed by atoms with Gasteiger partial charge in [0.15, 0.2) is 0 Å². The number of anilines is 1. The number of carbonyl (C=O) groups excluding carboxylic acids is 1. The van der Waals surface area contributed by atoms with E-state index in [2.05, 4.69) is 30.6 Å². The fourth-order valence-corrected chi connectivity index (χ4v) is 5.21. The number of aromatic amines is 1. The van der Waals surface area contributed by atoms with Crippen LogP contribution >= 0.6 is 0 Å². The summed E-state index contributed by atoms with van der Waals surface area (Å²) in [5.74, 6) is -0.869. The molecule has 6 rings (SSSR count). The van der Waals surface area contributed by atoms with Crippen molar-refractivity contribution in [3.05, 3.63) is 71.4 Å². The van der Waals surface area contributed by atoms with E-state index in [1.807, 2.05) is 19.3 Å². The fraction of sp³-hybridized carbons (Fsp3) is 0.345. The quantitative estimate of drug-likeness (QED) is 0.311. The highest BCUT2D eigenvalue weighted by Gasteiger charge is 2.19. The average molecular weight is 514 g/mol. The highest BCUT2D eigenvalue weighted by molar-refractivity contribution is 6.06. The number of nitrogens with zero attached hydrogens (tertiary/aromatic N) is 4. The first-order valence-electron chi connectivity index (χ1n) is 13.3. The Hall–Kier alpha value is -3.98. The summed E-state index contributed by atoms with van der Waals surface area (Å²) >= 11 is 0. The van der Waals surface area contributed by atoms with E-state index in [0.717, 1.165) is 66.9 Å². The van der Waals surface area contributed by atoms with Crippen molar-refractivity contribution >= 4 is 28.3 Å². The molecule has 1 aliphatic carbocycles. The van der Waals surface area contributed by atoms with E-state index in [0.29, 0.717) is 11.2 Å². The molecule has 0 atom stereocenters. The minimum atomic E-state index is -0.466. The number of H-pyrrole nitrogens is 1. The number of fused-ring (bicyclic) bond motifs is 1. The van der Waals surface area contributed by atoms with E-state index in [-0.39, 0.29) is 5.69 Å². The summed E-state index contributed by atoms with van der Waals surface area (Å²) in [7, 11) is 1.86. The predicted molar refractivity (Wildman–Crippen MR) is 147 cm³/mol. The molecule has 38 heavy (non-hydrogen) atoms. The van der Waals surface area contributed by atoms with Crippen LogP contribution in [0.15, 0.2) is 54.5 Å². The molecular weight excluding hydrogens is 481 g/mol. The van der Waals surface area contributed by atoms with Gasteiger partial charge in [-0.15, -0.1) is 0 Å². The lowest BCUT2D eigenvalue weighted by Crippen LogP contribution is -2.30. The minimum Gasteiger partial charge on any atom is -0.383 e. The molecule has 1 amide bonds. The van der Waals surface area contributed by atoms with E-state index in [4.69, 9.17) is 0 Å². The van der Waals surface area contributed by atoms with Gasteiger partial charge < -0.3 is 20.5 Å². The molecule has 3 N–H and O–H groups in total. The second-order valence-electron chi connectivity index (χ2n) is 10.2. The molecule has 4 aromatic rings. The molecule has 0 radical (unpaired) electrons. The summed E-state index contributed by atoms with van der Waals surface area (Å²) in [6.45, 7) is 4.17. The van der Waals surface area contributed by atoms with Crippen molar-refractivity contribution in [2.75, 3.05) is 31.5 Å². The van der Waals surface area contributed by atoms with Crippen molar-refractivity contribution in [1.82, 2.24) is 30.0 Å². The normalized spacial score (nSPS) is 15.6. The number of hydrogen-bond donors (Lipinski definition) is 3. The van der Waals surface area contributed by atoms with E-state index >= 15 is 0 Å². The fourth-order valence-electron chi connectivity index (χ4n) is 5.21. The summed E-state index contributed by atoms with van der Waals surface area (Å²) in [5.41, 5.74) is 6.33. The number of halogens is 1.